The van der Waals surface area contributed by atoms with Crippen LogP contribution < -0.4 is 5.73 Å². The van der Waals surface area contributed by atoms with Gasteiger partial charge in [0, 0.05) is 11.3 Å². The van der Waals surface area contributed by atoms with E-state index < -0.39 is 0 Å². The highest BCUT2D eigenvalue weighted by Crippen LogP contribution is 2.38. The third-order valence-electron chi connectivity index (χ3n) is 2.31. The van der Waals surface area contributed by atoms with Gasteiger partial charge < -0.3 is 5.73 Å². The van der Waals surface area contributed by atoms with Gasteiger partial charge in [0.05, 0.1) is 0 Å². The quantitative estimate of drug-likeness (QED) is 0.657. The standard InChI is InChI=1S/C8H13NS/c9-8(6-3-4-6)7-2-1-5-10-7/h1,5-8H,2-4,9H2. The minimum absolute atomic E-state index is 0.472. The Morgan fingerprint density at radius 3 is 2.80 bits per heavy atom. The second-order valence-corrected chi connectivity index (χ2v) is 4.35. The summed E-state index contributed by atoms with van der Waals surface area (Å²) in [4.78, 5) is 0. The normalized spacial score (nSPS) is 34.7. The molecule has 0 saturated heterocycles. The zero-order valence-electron chi connectivity index (χ0n) is 5.99. The van der Waals surface area contributed by atoms with Crippen LogP contribution in [0.2, 0.25) is 0 Å². The van der Waals surface area contributed by atoms with Crippen molar-refractivity contribution in [2.45, 2.75) is 30.6 Å². The summed E-state index contributed by atoms with van der Waals surface area (Å²) in [5, 5.41) is 2.89. The number of hydrogen-bond donors (Lipinski definition) is 1. The molecule has 1 nitrogen and oxygen atoms in total. The number of hydrogen-bond acceptors (Lipinski definition) is 2. The van der Waals surface area contributed by atoms with Crippen LogP contribution in [0.5, 0.6) is 0 Å². The Kier molecular flexibility index (Phi) is 1.75. The van der Waals surface area contributed by atoms with E-state index in [1.54, 1.807) is 0 Å². The summed E-state index contributed by atoms with van der Waals surface area (Å²) >= 11 is 1.91. The largest absolute Gasteiger partial charge is 0.326 e. The average molecular weight is 155 g/mol. The molecule has 2 rings (SSSR count). The molecule has 0 amide bonds. The second-order valence-electron chi connectivity index (χ2n) is 3.20. The number of thioether (sulfide) groups is 1. The van der Waals surface area contributed by atoms with Gasteiger partial charge in [0.25, 0.3) is 0 Å². The molecule has 2 unspecified atom stereocenters. The van der Waals surface area contributed by atoms with E-state index in [1.165, 1.54) is 19.3 Å². The Bertz CT molecular complexity index is 143. The molecule has 0 aromatic carbocycles. The molecule has 2 N–H and O–H groups in total. The maximum Gasteiger partial charge on any atom is 0.0277 e. The lowest BCUT2D eigenvalue weighted by atomic mass is 10.1. The van der Waals surface area contributed by atoms with Gasteiger partial charge in [-0.05, 0) is 30.6 Å². The van der Waals surface area contributed by atoms with Crippen LogP contribution in [0.1, 0.15) is 19.3 Å². The molecule has 1 aliphatic heterocycles. The topological polar surface area (TPSA) is 26.0 Å². The molecule has 0 aromatic rings. The Morgan fingerprint density at radius 1 is 1.50 bits per heavy atom. The third-order valence-corrected chi connectivity index (χ3v) is 3.52. The Balaban J connectivity index is 1.86. The fourth-order valence-corrected chi connectivity index (χ4v) is 2.48. The van der Waals surface area contributed by atoms with Crippen molar-refractivity contribution in [3.05, 3.63) is 11.5 Å². The van der Waals surface area contributed by atoms with Crippen molar-refractivity contribution in [1.29, 1.82) is 0 Å². The molecular weight excluding hydrogens is 142 g/mol. The van der Waals surface area contributed by atoms with Crippen LogP contribution in [-0.2, 0) is 0 Å². The molecule has 10 heavy (non-hydrogen) atoms. The second kappa shape index (κ2) is 2.59. The van der Waals surface area contributed by atoms with Crippen molar-refractivity contribution in [3.8, 4) is 0 Å². The summed E-state index contributed by atoms with van der Waals surface area (Å²) < 4.78 is 0. The van der Waals surface area contributed by atoms with Crippen LogP contribution in [0.4, 0.5) is 0 Å². The predicted molar refractivity (Wildman–Crippen MR) is 45.8 cm³/mol. The minimum atomic E-state index is 0.472. The fourth-order valence-electron chi connectivity index (χ4n) is 1.43. The van der Waals surface area contributed by atoms with E-state index in [9.17, 15) is 0 Å². The molecule has 1 aliphatic carbocycles. The van der Waals surface area contributed by atoms with Crippen LogP contribution in [0.15, 0.2) is 11.5 Å². The van der Waals surface area contributed by atoms with Crippen molar-refractivity contribution in [2.24, 2.45) is 11.7 Å². The van der Waals surface area contributed by atoms with Gasteiger partial charge >= 0.3 is 0 Å². The number of nitrogens with two attached hydrogens (primary N) is 1. The summed E-state index contributed by atoms with van der Waals surface area (Å²) in [5.74, 6) is 0.859. The molecule has 0 bridgehead atoms. The van der Waals surface area contributed by atoms with Crippen molar-refractivity contribution in [2.75, 3.05) is 0 Å². The van der Waals surface area contributed by atoms with Gasteiger partial charge in [0.1, 0.15) is 0 Å². The first-order valence-corrected chi connectivity index (χ1v) is 4.88. The maximum atomic E-state index is 6.02. The van der Waals surface area contributed by atoms with Gasteiger partial charge in [-0.15, -0.1) is 11.8 Å². The Labute approximate surface area is 66.1 Å². The highest BCUT2D eigenvalue weighted by atomic mass is 32.2. The van der Waals surface area contributed by atoms with Gasteiger partial charge in [-0.1, -0.05) is 6.08 Å². The van der Waals surface area contributed by atoms with Crippen molar-refractivity contribution >= 4 is 11.8 Å². The zero-order valence-corrected chi connectivity index (χ0v) is 6.81. The SMILES string of the molecule is NC(C1CC1)C1CC=CS1. The Morgan fingerprint density at radius 2 is 2.30 bits per heavy atom. The molecule has 1 heterocycles. The molecule has 0 spiro atoms. The molecule has 56 valence electrons. The molecule has 0 radical (unpaired) electrons. The van der Waals surface area contributed by atoms with Crippen LogP contribution in [-0.4, -0.2) is 11.3 Å². The van der Waals surface area contributed by atoms with Crippen LogP contribution in [0.25, 0.3) is 0 Å². The molecule has 2 aliphatic rings. The summed E-state index contributed by atoms with van der Waals surface area (Å²) in [6, 6.07) is 0.472. The number of rotatable bonds is 2. The maximum absolute atomic E-state index is 6.02. The summed E-state index contributed by atoms with van der Waals surface area (Å²) in [5.41, 5.74) is 6.02. The summed E-state index contributed by atoms with van der Waals surface area (Å²) in [6.45, 7) is 0. The molecule has 1 fully saturated rings. The van der Waals surface area contributed by atoms with E-state index in [2.05, 4.69) is 11.5 Å². The van der Waals surface area contributed by atoms with E-state index in [1.807, 2.05) is 11.8 Å². The fraction of sp³-hybridized carbons (Fsp3) is 0.750. The predicted octanol–water partition coefficient (Wildman–Crippen LogP) is 1.74. The minimum Gasteiger partial charge on any atom is -0.326 e. The third kappa shape index (κ3) is 1.23. The summed E-state index contributed by atoms with van der Waals surface area (Å²) in [7, 11) is 0. The van der Waals surface area contributed by atoms with E-state index >= 15 is 0 Å². The van der Waals surface area contributed by atoms with Gasteiger partial charge in [-0.2, -0.15) is 0 Å². The first-order valence-electron chi connectivity index (χ1n) is 3.94. The molecule has 2 atom stereocenters. The van der Waals surface area contributed by atoms with E-state index in [-0.39, 0.29) is 0 Å². The van der Waals surface area contributed by atoms with E-state index in [4.69, 9.17) is 5.73 Å². The van der Waals surface area contributed by atoms with Crippen molar-refractivity contribution in [1.82, 2.24) is 0 Å². The van der Waals surface area contributed by atoms with Crippen molar-refractivity contribution in [3.63, 3.8) is 0 Å². The molecule has 0 aromatic heterocycles. The molecular formula is C8H13NS. The van der Waals surface area contributed by atoms with Gasteiger partial charge in [-0.3, -0.25) is 0 Å². The lowest BCUT2D eigenvalue weighted by Gasteiger charge is -2.16. The summed E-state index contributed by atoms with van der Waals surface area (Å²) in [6.07, 6.45) is 6.18. The monoisotopic (exact) mass is 155 g/mol. The van der Waals surface area contributed by atoms with Crippen LogP contribution in [0.3, 0.4) is 0 Å². The highest BCUT2D eigenvalue weighted by Gasteiger charge is 2.34. The lowest BCUT2D eigenvalue weighted by Crippen LogP contribution is -2.32. The average Bonchev–Trinajstić information content (AvgIpc) is 2.65. The van der Waals surface area contributed by atoms with Crippen LogP contribution in [0, 0.1) is 5.92 Å². The smallest absolute Gasteiger partial charge is 0.0277 e. The highest BCUT2D eigenvalue weighted by molar-refractivity contribution is 8.03. The first-order chi connectivity index (χ1) is 4.88. The van der Waals surface area contributed by atoms with Gasteiger partial charge in [0.2, 0.25) is 0 Å². The zero-order chi connectivity index (χ0) is 6.97. The van der Waals surface area contributed by atoms with Gasteiger partial charge in [-0.25, -0.2) is 0 Å². The molecule has 1 saturated carbocycles. The molecule has 2 heteroatoms. The van der Waals surface area contributed by atoms with E-state index in [0.29, 0.717) is 11.3 Å². The van der Waals surface area contributed by atoms with Crippen LogP contribution >= 0.6 is 11.8 Å². The Hall–Kier alpha value is 0.0500. The van der Waals surface area contributed by atoms with Gasteiger partial charge in [0.15, 0.2) is 0 Å². The van der Waals surface area contributed by atoms with Crippen molar-refractivity contribution < 1.29 is 0 Å². The number of allylic oxidation sites excluding steroid dienone is 1. The van der Waals surface area contributed by atoms with E-state index in [0.717, 1.165) is 5.92 Å². The first kappa shape index (κ1) is 6.74. The lowest BCUT2D eigenvalue weighted by molar-refractivity contribution is 0.572.